The number of amides is 1. The van der Waals surface area contributed by atoms with Crippen molar-refractivity contribution in [3.63, 3.8) is 0 Å². The zero-order valence-corrected chi connectivity index (χ0v) is 12.4. The van der Waals surface area contributed by atoms with Crippen molar-refractivity contribution in [2.45, 2.75) is 26.3 Å². The molecule has 20 heavy (non-hydrogen) atoms. The predicted molar refractivity (Wildman–Crippen MR) is 81.8 cm³/mol. The molecule has 2 heterocycles. The van der Waals surface area contributed by atoms with Gasteiger partial charge in [-0.05, 0) is 43.0 Å². The van der Waals surface area contributed by atoms with Crippen LogP contribution in [0.5, 0.6) is 0 Å². The topological polar surface area (TPSA) is 59.2 Å². The van der Waals surface area contributed by atoms with E-state index in [1.54, 1.807) is 16.8 Å². The molecule has 1 fully saturated rings. The number of primary amides is 1. The Morgan fingerprint density at radius 3 is 3.15 bits per heavy atom. The van der Waals surface area contributed by atoms with E-state index in [1.807, 2.05) is 6.07 Å². The number of likely N-dealkylation sites (tertiary alicyclic amines) is 1. The number of rotatable bonds is 3. The predicted octanol–water partition coefficient (Wildman–Crippen LogP) is 2.63. The molecule has 1 aromatic carbocycles. The molecule has 4 nitrogen and oxygen atoms in total. The van der Waals surface area contributed by atoms with Gasteiger partial charge in [0.25, 0.3) is 5.91 Å². The van der Waals surface area contributed by atoms with Crippen LogP contribution in [0.15, 0.2) is 17.6 Å². The summed E-state index contributed by atoms with van der Waals surface area (Å²) in [5, 5.41) is 0. The van der Waals surface area contributed by atoms with Crippen LogP contribution in [0.25, 0.3) is 10.2 Å². The van der Waals surface area contributed by atoms with Gasteiger partial charge in [-0.2, -0.15) is 0 Å². The number of aromatic nitrogens is 1. The van der Waals surface area contributed by atoms with Crippen LogP contribution in [0.2, 0.25) is 0 Å². The summed E-state index contributed by atoms with van der Waals surface area (Å²) in [4.78, 5) is 18.3. The Bertz CT molecular complexity index is 637. The lowest BCUT2D eigenvalue weighted by molar-refractivity contribution is 0.100. The van der Waals surface area contributed by atoms with Crippen molar-refractivity contribution in [3.8, 4) is 0 Å². The van der Waals surface area contributed by atoms with Crippen LogP contribution in [-0.4, -0.2) is 28.9 Å². The van der Waals surface area contributed by atoms with Crippen molar-refractivity contribution < 1.29 is 4.79 Å². The van der Waals surface area contributed by atoms with Gasteiger partial charge in [-0.3, -0.25) is 9.69 Å². The minimum absolute atomic E-state index is 0.394. The van der Waals surface area contributed by atoms with Crippen molar-refractivity contribution in [2.24, 2.45) is 11.7 Å². The Hall–Kier alpha value is -1.46. The summed E-state index contributed by atoms with van der Waals surface area (Å²) in [7, 11) is 0. The van der Waals surface area contributed by atoms with E-state index in [1.165, 1.54) is 12.8 Å². The summed E-state index contributed by atoms with van der Waals surface area (Å²) in [6.45, 7) is 5.45. The molecule has 5 heteroatoms. The molecule has 1 amide bonds. The fourth-order valence-electron chi connectivity index (χ4n) is 2.99. The van der Waals surface area contributed by atoms with Gasteiger partial charge >= 0.3 is 0 Å². The third kappa shape index (κ3) is 2.69. The molecular formula is C15H19N3OS. The number of thiazole rings is 1. The Morgan fingerprint density at radius 2 is 2.40 bits per heavy atom. The Morgan fingerprint density at radius 1 is 1.55 bits per heavy atom. The van der Waals surface area contributed by atoms with E-state index in [0.717, 1.165) is 41.3 Å². The quantitative estimate of drug-likeness (QED) is 0.945. The van der Waals surface area contributed by atoms with Gasteiger partial charge in [0.2, 0.25) is 0 Å². The van der Waals surface area contributed by atoms with E-state index in [-0.39, 0.29) is 0 Å². The van der Waals surface area contributed by atoms with Gasteiger partial charge in [0, 0.05) is 13.1 Å². The van der Waals surface area contributed by atoms with Gasteiger partial charge in [0.15, 0.2) is 0 Å². The summed E-state index contributed by atoms with van der Waals surface area (Å²) in [5.41, 5.74) is 9.68. The minimum Gasteiger partial charge on any atom is -0.366 e. The average molecular weight is 289 g/mol. The first kappa shape index (κ1) is 13.5. The van der Waals surface area contributed by atoms with Gasteiger partial charge in [-0.15, -0.1) is 11.3 Å². The summed E-state index contributed by atoms with van der Waals surface area (Å²) < 4.78 is 1.04. The van der Waals surface area contributed by atoms with Gasteiger partial charge < -0.3 is 5.73 Å². The first-order valence-electron chi connectivity index (χ1n) is 7.02. The van der Waals surface area contributed by atoms with Crippen molar-refractivity contribution in [1.29, 1.82) is 0 Å². The van der Waals surface area contributed by atoms with E-state index in [9.17, 15) is 4.79 Å². The van der Waals surface area contributed by atoms with E-state index in [0.29, 0.717) is 5.56 Å². The lowest BCUT2D eigenvalue weighted by Crippen LogP contribution is -2.33. The summed E-state index contributed by atoms with van der Waals surface area (Å²) in [6.07, 6.45) is 2.57. The molecule has 1 aromatic heterocycles. The molecular weight excluding hydrogens is 270 g/mol. The molecule has 0 spiro atoms. The Balaban J connectivity index is 1.89. The minimum atomic E-state index is -0.394. The fourth-order valence-corrected chi connectivity index (χ4v) is 3.76. The fraction of sp³-hybridized carbons (Fsp3) is 0.467. The molecule has 1 aliphatic rings. The summed E-state index contributed by atoms with van der Waals surface area (Å²) in [5.74, 6) is 0.362. The van der Waals surface area contributed by atoms with E-state index in [2.05, 4.69) is 22.9 Å². The van der Waals surface area contributed by atoms with Crippen molar-refractivity contribution in [2.75, 3.05) is 13.1 Å². The second-order valence-corrected chi connectivity index (χ2v) is 6.58. The maximum atomic E-state index is 11.6. The van der Waals surface area contributed by atoms with Crippen LogP contribution in [0.4, 0.5) is 0 Å². The van der Waals surface area contributed by atoms with Crippen molar-refractivity contribution in [3.05, 3.63) is 28.8 Å². The second-order valence-electron chi connectivity index (χ2n) is 5.69. The number of benzene rings is 1. The first-order chi connectivity index (χ1) is 9.63. The van der Waals surface area contributed by atoms with E-state index >= 15 is 0 Å². The number of piperidine rings is 1. The maximum Gasteiger partial charge on any atom is 0.250 e. The maximum absolute atomic E-state index is 11.6. The number of carbonyl (C=O) groups excluding carboxylic acids is 1. The highest BCUT2D eigenvalue weighted by molar-refractivity contribution is 7.16. The third-order valence-electron chi connectivity index (χ3n) is 3.91. The number of nitrogens with two attached hydrogens (primary N) is 1. The van der Waals surface area contributed by atoms with E-state index < -0.39 is 5.91 Å². The van der Waals surface area contributed by atoms with Gasteiger partial charge in [0.1, 0.15) is 0 Å². The third-order valence-corrected chi connectivity index (χ3v) is 4.68. The first-order valence-corrected chi connectivity index (χ1v) is 7.89. The zero-order valence-electron chi connectivity index (χ0n) is 11.6. The molecule has 0 unspecified atom stereocenters. The molecule has 106 valence electrons. The number of nitrogens with zero attached hydrogens (tertiary/aromatic N) is 2. The molecule has 2 aromatic rings. The molecule has 0 radical (unpaired) electrons. The molecule has 0 bridgehead atoms. The lowest BCUT2D eigenvalue weighted by Gasteiger charge is -2.30. The molecule has 1 aliphatic heterocycles. The number of hydrogen-bond acceptors (Lipinski definition) is 4. The highest BCUT2D eigenvalue weighted by atomic mass is 32.1. The number of carbonyl (C=O) groups is 1. The summed E-state index contributed by atoms with van der Waals surface area (Å²) >= 11 is 1.56. The van der Waals surface area contributed by atoms with Gasteiger partial charge in [-0.1, -0.05) is 6.92 Å². The van der Waals surface area contributed by atoms with Crippen LogP contribution in [0.3, 0.4) is 0 Å². The van der Waals surface area contributed by atoms with Crippen LogP contribution in [0, 0.1) is 5.92 Å². The molecule has 0 aliphatic carbocycles. The lowest BCUT2D eigenvalue weighted by atomic mass is 9.99. The highest BCUT2D eigenvalue weighted by Gasteiger charge is 2.18. The van der Waals surface area contributed by atoms with Crippen LogP contribution in [0.1, 0.15) is 35.7 Å². The monoisotopic (exact) mass is 289 g/mol. The average Bonchev–Trinajstić information content (AvgIpc) is 2.85. The Kier molecular flexibility index (Phi) is 3.72. The molecule has 1 saturated heterocycles. The van der Waals surface area contributed by atoms with Gasteiger partial charge in [-0.25, -0.2) is 4.98 Å². The number of hydrogen-bond donors (Lipinski definition) is 1. The molecule has 0 saturated carbocycles. The highest BCUT2D eigenvalue weighted by Crippen LogP contribution is 2.25. The van der Waals surface area contributed by atoms with Crippen molar-refractivity contribution >= 4 is 27.5 Å². The Labute approximate surface area is 122 Å². The molecule has 3 rings (SSSR count). The van der Waals surface area contributed by atoms with Crippen LogP contribution in [-0.2, 0) is 6.54 Å². The number of fused-ring (bicyclic) bond motifs is 1. The SMILES string of the molecule is C[C@H]1CCCN(Cc2cc(C(N)=O)c3ncsc3c2)C1. The van der Waals surface area contributed by atoms with Crippen LogP contribution >= 0.6 is 11.3 Å². The molecule has 1 atom stereocenters. The smallest absolute Gasteiger partial charge is 0.250 e. The largest absolute Gasteiger partial charge is 0.366 e. The van der Waals surface area contributed by atoms with E-state index in [4.69, 9.17) is 5.73 Å². The standard InChI is InChI=1S/C15H19N3OS/c1-10-3-2-4-18(7-10)8-11-5-12(15(16)19)14-13(6-11)20-9-17-14/h5-6,9-10H,2-4,7-8H2,1H3,(H2,16,19)/t10-/m0/s1. The second kappa shape index (κ2) is 5.50. The van der Waals surface area contributed by atoms with Crippen LogP contribution < -0.4 is 5.73 Å². The summed E-state index contributed by atoms with van der Waals surface area (Å²) in [6, 6.07) is 4.04. The van der Waals surface area contributed by atoms with Crippen molar-refractivity contribution in [1.82, 2.24) is 9.88 Å². The molecule has 2 N–H and O–H groups in total. The zero-order chi connectivity index (χ0) is 14.1. The van der Waals surface area contributed by atoms with Gasteiger partial charge in [0.05, 0.1) is 21.3 Å². The normalized spacial score (nSPS) is 20.4.